The monoisotopic (exact) mass is 428 g/mol. The topological polar surface area (TPSA) is 78.7 Å². The van der Waals surface area contributed by atoms with Gasteiger partial charge in [-0.1, -0.05) is 38.1 Å². The van der Waals surface area contributed by atoms with Crippen LogP contribution in [0.3, 0.4) is 0 Å². The van der Waals surface area contributed by atoms with Crippen molar-refractivity contribution in [1.82, 2.24) is 15.0 Å². The molecule has 0 saturated heterocycles. The molecule has 1 heterocycles. The molecular formula is C24H36N4O3. The summed E-state index contributed by atoms with van der Waals surface area (Å²) < 4.78 is 5.00. The number of hydrogen-bond donors (Lipinski definition) is 1. The van der Waals surface area contributed by atoms with Gasteiger partial charge < -0.3 is 19.6 Å². The molecule has 2 amide bonds. The Morgan fingerprint density at radius 3 is 2.35 bits per heavy atom. The van der Waals surface area contributed by atoms with Crippen LogP contribution < -0.4 is 5.32 Å². The molecule has 2 rings (SSSR count). The van der Waals surface area contributed by atoms with Crippen LogP contribution in [0.1, 0.15) is 62.2 Å². The first kappa shape index (κ1) is 24.6. The fourth-order valence-electron chi connectivity index (χ4n) is 3.55. The van der Waals surface area contributed by atoms with Crippen LogP contribution in [0.15, 0.2) is 34.9 Å². The maximum Gasteiger partial charge on any atom is 0.254 e. The van der Waals surface area contributed by atoms with Gasteiger partial charge in [-0.25, -0.2) is 0 Å². The average molecular weight is 429 g/mol. The summed E-state index contributed by atoms with van der Waals surface area (Å²) in [6, 6.07) is 9.20. The molecule has 0 aliphatic rings. The Hall–Kier alpha value is -2.67. The molecule has 7 heteroatoms. The highest BCUT2D eigenvalue weighted by molar-refractivity contribution is 5.99. The zero-order valence-electron chi connectivity index (χ0n) is 19.5. The highest BCUT2D eigenvalue weighted by atomic mass is 16.5. The van der Waals surface area contributed by atoms with Gasteiger partial charge in [-0.05, 0) is 70.4 Å². The smallest absolute Gasteiger partial charge is 0.254 e. The third-order valence-electron chi connectivity index (χ3n) is 5.60. The van der Waals surface area contributed by atoms with Gasteiger partial charge in [0.25, 0.3) is 5.91 Å². The molecule has 1 aromatic carbocycles. The summed E-state index contributed by atoms with van der Waals surface area (Å²) in [5, 5.41) is 6.52. The SMILES string of the molecule is CCc1ccc(C(=O)N(CC(=O)Nc2cc(C)on2)C(C)CCCN(CC)CC)cc1. The molecule has 0 bridgehead atoms. The third kappa shape index (κ3) is 7.51. The maximum atomic E-state index is 13.3. The first-order valence-electron chi connectivity index (χ1n) is 11.2. The lowest BCUT2D eigenvalue weighted by molar-refractivity contribution is -0.117. The van der Waals surface area contributed by atoms with Gasteiger partial charge >= 0.3 is 0 Å². The molecule has 0 aliphatic heterocycles. The van der Waals surface area contributed by atoms with Crippen molar-refractivity contribution in [3.05, 3.63) is 47.2 Å². The van der Waals surface area contributed by atoms with Gasteiger partial charge in [-0.2, -0.15) is 0 Å². The molecule has 1 aromatic heterocycles. The number of rotatable bonds is 12. The van der Waals surface area contributed by atoms with Gasteiger partial charge in [0.05, 0.1) is 0 Å². The van der Waals surface area contributed by atoms with Gasteiger partial charge in [-0.3, -0.25) is 9.59 Å². The molecule has 0 fully saturated rings. The molecule has 170 valence electrons. The second kappa shape index (κ2) is 12.2. The second-order valence-electron chi connectivity index (χ2n) is 7.87. The van der Waals surface area contributed by atoms with Gasteiger partial charge in [0.1, 0.15) is 12.3 Å². The Morgan fingerprint density at radius 1 is 1.13 bits per heavy atom. The standard InChI is InChI=1S/C24H36N4O3/c1-6-20-11-13-21(14-12-20)24(30)28(18(4)10-9-15-27(7-2)8-3)17-23(29)25-22-16-19(5)31-26-22/h11-14,16,18H,6-10,15,17H2,1-5H3,(H,25,26,29). The summed E-state index contributed by atoms with van der Waals surface area (Å²) in [5.74, 6) is 0.548. The van der Waals surface area contributed by atoms with E-state index in [1.807, 2.05) is 31.2 Å². The number of nitrogens with one attached hydrogen (secondary N) is 1. The number of benzene rings is 1. The second-order valence-corrected chi connectivity index (χ2v) is 7.87. The summed E-state index contributed by atoms with van der Waals surface area (Å²) >= 11 is 0. The predicted molar refractivity (Wildman–Crippen MR) is 123 cm³/mol. The number of aromatic nitrogens is 1. The van der Waals surface area contributed by atoms with Gasteiger partial charge in [0, 0.05) is 17.7 Å². The number of hydrogen-bond acceptors (Lipinski definition) is 5. The molecule has 1 N–H and O–H groups in total. The molecule has 2 aromatic rings. The van der Waals surface area contributed by atoms with Crippen LogP contribution in [-0.4, -0.2) is 59.0 Å². The number of carbonyl (C=O) groups is 2. The van der Waals surface area contributed by atoms with E-state index >= 15 is 0 Å². The molecule has 0 spiro atoms. The highest BCUT2D eigenvalue weighted by Gasteiger charge is 2.24. The maximum absolute atomic E-state index is 13.3. The van der Waals surface area contributed by atoms with Crippen LogP contribution in [0.5, 0.6) is 0 Å². The Balaban J connectivity index is 2.10. The summed E-state index contributed by atoms with van der Waals surface area (Å²) in [5.41, 5.74) is 1.77. The van der Waals surface area contributed by atoms with Crippen LogP contribution in [0.4, 0.5) is 5.82 Å². The number of carbonyl (C=O) groups excluding carboxylic acids is 2. The molecule has 7 nitrogen and oxygen atoms in total. The number of nitrogens with zero attached hydrogens (tertiary/aromatic N) is 3. The van der Waals surface area contributed by atoms with Crippen LogP contribution in [0.25, 0.3) is 0 Å². The average Bonchev–Trinajstić information content (AvgIpc) is 3.18. The van der Waals surface area contributed by atoms with E-state index < -0.39 is 0 Å². The molecule has 0 aliphatic carbocycles. The van der Waals surface area contributed by atoms with E-state index in [0.717, 1.165) is 38.9 Å². The largest absolute Gasteiger partial charge is 0.360 e. The van der Waals surface area contributed by atoms with Gasteiger partial charge in [0.2, 0.25) is 5.91 Å². The van der Waals surface area contributed by atoms with E-state index in [1.165, 1.54) is 5.56 Å². The molecule has 1 unspecified atom stereocenters. The van der Waals surface area contributed by atoms with Crippen molar-refractivity contribution < 1.29 is 14.1 Å². The van der Waals surface area contributed by atoms with E-state index in [0.29, 0.717) is 17.1 Å². The Bertz CT molecular complexity index is 828. The molecular weight excluding hydrogens is 392 g/mol. The van der Waals surface area contributed by atoms with Crippen molar-refractivity contribution in [1.29, 1.82) is 0 Å². The zero-order chi connectivity index (χ0) is 22.8. The minimum atomic E-state index is -0.289. The molecule has 0 saturated carbocycles. The Labute approximate surface area is 185 Å². The van der Waals surface area contributed by atoms with E-state index in [9.17, 15) is 9.59 Å². The lowest BCUT2D eigenvalue weighted by Gasteiger charge is -2.29. The Kier molecular flexibility index (Phi) is 9.72. The number of aryl methyl sites for hydroxylation is 2. The zero-order valence-corrected chi connectivity index (χ0v) is 19.5. The van der Waals surface area contributed by atoms with E-state index in [1.54, 1.807) is 17.9 Å². The highest BCUT2D eigenvalue weighted by Crippen LogP contribution is 2.15. The minimum absolute atomic E-state index is 0.0350. The van der Waals surface area contributed by atoms with Crippen molar-refractivity contribution in [2.75, 3.05) is 31.5 Å². The van der Waals surface area contributed by atoms with Crippen LogP contribution >= 0.6 is 0 Å². The van der Waals surface area contributed by atoms with Crippen LogP contribution in [0.2, 0.25) is 0 Å². The lowest BCUT2D eigenvalue weighted by atomic mass is 10.1. The first-order valence-corrected chi connectivity index (χ1v) is 11.2. The number of amides is 2. The van der Waals surface area contributed by atoms with Crippen molar-refractivity contribution in [3.63, 3.8) is 0 Å². The first-order chi connectivity index (χ1) is 14.9. The summed E-state index contributed by atoms with van der Waals surface area (Å²) in [6.07, 6.45) is 2.70. The van der Waals surface area contributed by atoms with Crippen LogP contribution in [0, 0.1) is 6.92 Å². The van der Waals surface area contributed by atoms with E-state index in [-0.39, 0.29) is 24.4 Å². The van der Waals surface area contributed by atoms with Crippen LogP contribution in [-0.2, 0) is 11.2 Å². The fraction of sp³-hybridized carbons (Fsp3) is 0.542. The molecule has 31 heavy (non-hydrogen) atoms. The normalized spacial score (nSPS) is 12.1. The van der Waals surface area contributed by atoms with Gasteiger partial charge in [0.15, 0.2) is 5.82 Å². The van der Waals surface area contributed by atoms with Crippen molar-refractivity contribution in [3.8, 4) is 0 Å². The summed E-state index contributed by atoms with van der Waals surface area (Å²) in [7, 11) is 0. The third-order valence-corrected chi connectivity index (χ3v) is 5.60. The van der Waals surface area contributed by atoms with Crippen molar-refractivity contribution in [2.45, 2.75) is 59.9 Å². The molecule has 0 radical (unpaired) electrons. The summed E-state index contributed by atoms with van der Waals surface area (Å²) in [6.45, 7) is 13.1. The van der Waals surface area contributed by atoms with E-state index in [2.05, 4.69) is 36.1 Å². The lowest BCUT2D eigenvalue weighted by Crippen LogP contribution is -2.44. The Morgan fingerprint density at radius 2 is 1.81 bits per heavy atom. The number of anilines is 1. The quantitative estimate of drug-likeness (QED) is 0.550. The predicted octanol–water partition coefficient (Wildman–Crippen LogP) is 4.14. The van der Waals surface area contributed by atoms with Gasteiger partial charge in [-0.15, -0.1) is 0 Å². The fourth-order valence-corrected chi connectivity index (χ4v) is 3.55. The van der Waals surface area contributed by atoms with Crippen molar-refractivity contribution in [2.24, 2.45) is 0 Å². The van der Waals surface area contributed by atoms with E-state index in [4.69, 9.17) is 4.52 Å². The minimum Gasteiger partial charge on any atom is -0.360 e. The summed E-state index contributed by atoms with van der Waals surface area (Å²) in [4.78, 5) is 30.0. The molecule has 1 atom stereocenters. The van der Waals surface area contributed by atoms with Crippen molar-refractivity contribution >= 4 is 17.6 Å².